The maximum absolute atomic E-state index is 12.5. The van der Waals surface area contributed by atoms with Crippen molar-refractivity contribution in [1.82, 2.24) is 10.2 Å². The Morgan fingerprint density at radius 3 is 2.76 bits per heavy atom. The summed E-state index contributed by atoms with van der Waals surface area (Å²) in [4.78, 5) is 14.5. The molecular formula is C12H24N2O2S. The first kappa shape index (κ1) is 14.8. The van der Waals surface area contributed by atoms with E-state index in [9.17, 15) is 4.79 Å². The molecule has 0 aromatic heterocycles. The molecule has 17 heavy (non-hydrogen) atoms. The lowest BCUT2D eigenvalue weighted by Gasteiger charge is -2.35. The monoisotopic (exact) mass is 260 g/mol. The molecule has 0 aromatic rings. The summed E-state index contributed by atoms with van der Waals surface area (Å²) in [6.07, 6.45) is 1.10. The van der Waals surface area contributed by atoms with Crippen molar-refractivity contribution in [2.45, 2.75) is 31.8 Å². The molecule has 0 bridgehead atoms. The van der Waals surface area contributed by atoms with Crippen molar-refractivity contribution in [3.63, 3.8) is 0 Å². The first-order chi connectivity index (χ1) is 8.03. The van der Waals surface area contributed by atoms with Gasteiger partial charge in [0.2, 0.25) is 5.91 Å². The largest absolute Gasteiger partial charge is 0.383 e. The van der Waals surface area contributed by atoms with Gasteiger partial charge in [0.05, 0.1) is 12.1 Å². The van der Waals surface area contributed by atoms with Crippen LogP contribution in [0.25, 0.3) is 0 Å². The molecule has 1 N–H and O–H groups in total. The molecule has 1 unspecified atom stereocenters. The van der Waals surface area contributed by atoms with Gasteiger partial charge in [0, 0.05) is 25.4 Å². The molecule has 1 heterocycles. The lowest BCUT2D eigenvalue weighted by atomic mass is 10.0. The Kier molecular flexibility index (Phi) is 5.76. The number of methoxy groups -OCH3 is 1. The van der Waals surface area contributed by atoms with Gasteiger partial charge in [-0.3, -0.25) is 4.79 Å². The number of thioether (sulfide) groups is 1. The standard InChI is InChI=1S/C12H24N2O2S/c1-12(2,13-3)11(15)14(6-7-16-4)10-5-8-17-9-10/h10,13H,5-9H2,1-4H3. The zero-order chi connectivity index (χ0) is 12.9. The van der Waals surface area contributed by atoms with Gasteiger partial charge in [0.1, 0.15) is 0 Å². The first-order valence-electron chi connectivity index (χ1n) is 6.09. The quantitative estimate of drug-likeness (QED) is 0.772. The third-order valence-corrected chi connectivity index (χ3v) is 4.45. The molecule has 1 rings (SSSR count). The van der Waals surface area contributed by atoms with Crippen LogP contribution in [0.5, 0.6) is 0 Å². The Morgan fingerprint density at radius 1 is 1.59 bits per heavy atom. The van der Waals surface area contributed by atoms with E-state index in [-0.39, 0.29) is 5.91 Å². The number of ether oxygens (including phenoxy) is 1. The summed E-state index contributed by atoms with van der Waals surface area (Å²) in [5, 5.41) is 3.08. The van der Waals surface area contributed by atoms with Crippen LogP contribution in [-0.4, -0.2) is 61.2 Å². The van der Waals surface area contributed by atoms with Gasteiger partial charge in [-0.2, -0.15) is 11.8 Å². The van der Waals surface area contributed by atoms with Gasteiger partial charge in [-0.25, -0.2) is 0 Å². The van der Waals surface area contributed by atoms with Crippen LogP contribution in [0, 0.1) is 0 Å². The fourth-order valence-corrected chi connectivity index (χ4v) is 3.10. The van der Waals surface area contributed by atoms with Crippen molar-refractivity contribution in [3.8, 4) is 0 Å². The maximum Gasteiger partial charge on any atom is 0.242 e. The van der Waals surface area contributed by atoms with Crippen LogP contribution in [0.3, 0.4) is 0 Å². The summed E-state index contributed by atoms with van der Waals surface area (Å²) in [5.74, 6) is 2.38. The van der Waals surface area contributed by atoms with E-state index >= 15 is 0 Å². The maximum atomic E-state index is 12.5. The van der Waals surface area contributed by atoms with Crippen molar-refractivity contribution in [2.24, 2.45) is 0 Å². The van der Waals surface area contributed by atoms with Crippen LogP contribution in [0.1, 0.15) is 20.3 Å². The summed E-state index contributed by atoms with van der Waals surface area (Å²) in [7, 11) is 3.51. The number of rotatable bonds is 6. The molecule has 1 aliphatic rings. The topological polar surface area (TPSA) is 41.6 Å². The average molecular weight is 260 g/mol. The summed E-state index contributed by atoms with van der Waals surface area (Å²) in [6.45, 7) is 5.15. The Hall–Kier alpha value is -0.260. The van der Waals surface area contributed by atoms with E-state index in [0.717, 1.165) is 17.9 Å². The molecule has 0 spiro atoms. The van der Waals surface area contributed by atoms with Gasteiger partial charge >= 0.3 is 0 Å². The third-order valence-electron chi connectivity index (χ3n) is 3.30. The van der Waals surface area contributed by atoms with Crippen molar-refractivity contribution in [3.05, 3.63) is 0 Å². The molecule has 0 saturated carbocycles. The Balaban J connectivity index is 2.70. The Bertz CT molecular complexity index is 253. The highest BCUT2D eigenvalue weighted by atomic mass is 32.2. The molecule has 1 saturated heterocycles. The van der Waals surface area contributed by atoms with E-state index < -0.39 is 5.54 Å². The number of carbonyl (C=O) groups excluding carboxylic acids is 1. The van der Waals surface area contributed by atoms with Crippen molar-refractivity contribution < 1.29 is 9.53 Å². The molecular weight excluding hydrogens is 236 g/mol. The molecule has 0 radical (unpaired) electrons. The smallest absolute Gasteiger partial charge is 0.242 e. The highest BCUT2D eigenvalue weighted by Gasteiger charge is 2.35. The average Bonchev–Trinajstić information content (AvgIpc) is 2.83. The van der Waals surface area contributed by atoms with E-state index in [1.165, 1.54) is 0 Å². The van der Waals surface area contributed by atoms with Crippen LogP contribution in [-0.2, 0) is 9.53 Å². The highest BCUT2D eigenvalue weighted by Crippen LogP contribution is 2.24. The minimum atomic E-state index is -0.499. The molecule has 1 aliphatic heterocycles. The molecule has 5 heteroatoms. The molecule has 4 nitrogen and oxygen atoms in total. The third kappa shape index (κ3) is 3.86. The van der Waals surface area contributed by atoms with E-state index in [1.807, 2.05) is 37.6 Å². The van der Waals surface area contributed by atoms with Gasteiger partial charge in [0.25, 0.3) is 0 Å². The lowest BCUT2D eigenvalue weighted by Crippen LogP contribution is -2.56. The second-order valence-electron chi connectivity index (χ2n) is 4.88. The summed E-state index contributed by atoms with van der Waals surface area (Å²) >= 11 is 1.92. The zero-order valence-electron chi connectivity index (χ0n) is 11.3. The van der Waals surface area contributed by atoms with Crippen LogP contribution in [0.15, 0.2) is 0 Å². The summed E-state index contributed by atoms with van der Waals surface area (Å²) in [5.41, 5.74) is -0.499. The van der Waals surface area contributed by atoms with Crippen molar-refractivity contribution in [2.75, 3.05) is 38.8 Å². The molecule has 1 fully saturated rings. The number of hydrogen-bond donors (Lipinski definition) is 1. The molecule has 1 amide bonds. The van der Waals surface area contributed by atoms with Crippen LogP contribution < -0.4 is 5.32 Å². The molecule has 1 atom stereocenters. The fraction of sp³-hybridized carbons (Fsp3) is 0.917. The van der Waals surface area contributed by atoms with Gasteiger partial charge in [-0.1, -0.05) is 0 Å². The summed E-state index contributed by atoms with van der Waals surface area (Å²) < 4.78 is 5.11. The Morgan fingerprint density at radius 2 is 2.29 bits per heavy atom. The van der Waals surface area contributed by atoms with E-state index in [2.05, 4.69) is 5.32 Å². The SMILES string of the molecule is CNC(C)(C)C(=O)N(CCOC)C1CCSC1. The molecule has 100 valence electrons. The molecule has 0 aromatic carbocycles. The first-order valence-corrected chi connectivity index (χ1v) is 7.25. The number of nitrogens with one attached hydrogen (secondary N) is 1. The normalized spacial score (nSPS) is 20.6. The van der Waals surface area contributed by atoms with Crippen molar-refractivity contribution >= 4 is 17.7 Å². The highest BCUT2D eigenvalue weighted by molar-refractivity contribution is 7.99. The number of hydrogen-bond acceptors (Lipinski definition) is 4. The predicted octanol–water partition coefficient (Wildman–Crippen LogP) is 0.965. The second kappa shape index (κ2) is 6.61. The van der Waals surface area contributed by atoms with E-state index in [0.29, 0.717) is 19.2 Å². The minimum Gasteiger partial charge on any atom is -0.383 e. The van der Waals surface area contributed by atoms with Gasteiger partial charge in [-0.05, 0) is 33.1 Å². The summed E-state index contributed by atoms with van der Waals surface area (Å²) in [6, 6.07) is 0.371. The lowest BCUT2D eigenvalue weighted by molar-refractivity contribution is -0.139. The zero-order valence-corrected chi connectivity index (χ0v) is 12.1. The number of carbonyl (C=O) groups is 1. The van der Waals surface area contributed by atoms with Crippen LogP contribution in [0.2, 0.25) is 0 Å². The predicted molar refractivity (Wildman–Crippen MR) is 72.5 cm³/mol. The van der Waals surface area contributed by atoms with Gasteiger partial charge in [-0.15, -0.1) is 0 Å². The fourth-order valence-electron chi connectivity index (χ4n) is 1.87. The molecule has 0 aliphatic carbocycles. The van der Waals surface area contributed by atoms with Gasteiger partial charge in [0.15, 0.2) is 0 Å². The minimum absolute atomic E-state index is 0.171. The van der Waals surface area contributed by atoms with Crippen molar-refractivity contribution in [1.29, 1.82) is 0 Å². The van der Waals surface area contributed by atoms with Crippen LogP contribution >= 0.6 is 11.8 Å². The Labute approximate surface area is 108 Å². The van der Waals surface area contributed by atoms with E-state index in [4.69, 9.17) is 4.74 Å². The number of amides is 1. The van der Waals surface area contributed by atoms with Gasteiger partial charge < -0.3 is 15.0 Å². The second-order valence-corrected chi connectivity index (χ2v) is 6.03. The number of nitrogens with zero attached hydrogens (tertiary/aromatic N) is 1. The van der Waals surface area contributed by atoms with Crippen LogP contribution in [0.4, 0.5) is 0 Å². The number of likely N-dealkylation sites (N-methyl/N-ethyl adjacent to an activating group) is 1. The van der Waals surface area contributed by atoms with E-state index in [1.54, 1.807) is 7.11 Å².